The van der Waals surface area contributed by atoms with Crippen LogP contribution < -0.4 is 11.1 Å². The fraction of sp³-hybridized carbons (Fsp3) is 0.600. The molecule has 3 N–H and O–H groups in total. The first kappa shape index (κ1) is 11.1. The molecule has 17 heavy (non-hydrogen) atoms. The van der Waals surface area contributed by atoms with Crippen molar-refractivity contribution in [3.05, 3.63) is 29.3 Å². The number of anilines is 1. The van der Waals surface area contributed by atoms with Crippen LogP contribution in [0.4, 0.5) is 5.69 Å². The summed E-state index contributed by atoms with van der Waals surface area (Å²) >= 11 is 0. The van der Waals surface area contributed by atoms with Gasteiger partial charge in [-0.3, -0.25) is 0 Å². The van der Waals surface area contributed by atoms with Crippen LogP contribution in [-0.2, 0) is 12.8 Å². The highest BCUT2D eigenvalue weighted by Crippen LogP contribution is 2.27. The molecule has 1 atom stereocenters. The highest BCUT2D eigenvalue weighted by molar-refractivity contribution is 5.45. The summed E-state index contributed by atoms with van der Waals surface area (Å²) in [5.41, 5.74) is 9.74. The summed E-state index contributed by atoms with van der Waals surface area (Å²) in [6.45, 7) is 1.20. The maximum absolute atomic E-state index is 5.83. The summed E-state index contributed by atoms with van der Waals surface area (Å²) in [5, 5.41) is 3.71. The molecule has 0 spiro atoms. The van der Waals surface area contributed by atoms with E-state index in [2.05, 4.69) is 17.4 Å². The van der Waals surface area contributed by atoms with Crippen molar-refractivity contribution in [3.63, 3.8) is 0 Å². The molecular weight excluding hydrogens is 208 g/mol. The molecule has 92 valence electrons. The number of nitrogens with two attached hydrogens (primary N) is 1. The molecule has 0 aromatic heterocycles. The Hall–Kier alpha value is -1.02. The van der Waals surface area contributed by atoms with Gasteiger partial charge in [0.2, 0.25) is 0 Å². The molecule has 1 aromatic rings. The summed E-state index contributed by atoms with van der Waals surface area (Å²) < 4.78 is 0. The molecule has 2 heteroatoms. The van der Waals surface area contributed by atoms with Crippen molar-refractivity contribution >= 4 is 5.69 Å². The van der Waals surface area contributed by atoms with Crippen molar-refractivity contribution in [1.82, 2.24) is 5.32 Å². The molecule has 1 unspecified atom stereocenters. The van der Waals surface area contributed by atoms with Crippen molar-refractivity contribution in [3.8, 4) is 0 Å². The topological polar surface area (TPSA) is 38.0 Å². The number of benzene rings is 1. The molecule has 1 fully saturated rings. The third kappa shape index (κ3) is 2.47. The van der Waals surface area contributed by atoms with Crippen molar-refractivity contribution in [2.45, 2.75) is 44.6 Å². The predicted molar refractivity (Wildman–Crippen MR) is 72.0 cm³/mol. The Kier molecular flexibility index (Phi) is 3.06. The molecular formula is C15H22N2. The maximum Gasteiger partial charge on any atom is 0.0316 e. The van der Waals surface area contributed by atoms with E-state index in [9.17, 15) is 0 Å². The third-order valence-corrected chi connectivity index (χ3v) is 4.36. The summed E-state index contributed by atoms with van der Waals surface area (Å²) in [4.78, 5) is 0. The lowest BCUT2D eigenvalue weighted by molar-refractivity contribution is 0.305. The average molecular weight is 230 g/mol. The largest absolute Gasteiger partial charge is 0.399 e. The maximum atomic E-state index is 5.83. The van der Waals surface area contributed by atoms with Gasteiger partial charge in [-0.2, -0.15) is 0 Å². The number of hydrogen-bond acceptors (Lipinski definition) is 2. The third-order valence-electron chi connectivity index (χ3n) is 4.36. The second-order valence-corrected chi connectivity index (χ2v) is 5.67. The Morgan fingerprint density at radius 2 is 2.06 bits per heavy atom. The van der Waals surface area contributed by atoms with Crippen LogP contribution in [0.5, 0.6) is 0 Å². The van der Waals surface area contributed by atoms with Crippen LogP contribution in [-0.4, -0.2) is 12.6 Å². The first-order chi connectivity index (χ1) is 8.31. The normalized spacial score (nSPS) is 24.1. The predicted octanol–water partition coefficient (Wildman–Crippen LogP) is 2.52. The SMILES string of the molecule is Nc1ccc2c(c1)CCC(CNC1CCC1)C2. The van der Waals surface area contributed by atoms with Gasteiger partial charge in [0.15, 0.2) is 0 Å². The quantitative estimate of drug-likeness (QED) is 0.783. The number of hydrogen-bond donors (Lipinski definition) is 2. The molecule has 2 aliphatic rings. The molecule has 1 aromatic carbocycles. The van der Waals surface area contributed by atoms with Crippen molar-refractivity contribution in [1.29, 1.82) is 0 Å². The van der Waals surface area contributed by atoms with Crippen molar-refractivity contribution in [2.24, 2.45) is 5.92 Å². The number of fused-ring (bicyclic) bond motifs is 1. The van der Waals surface area contributed by atoms with E-state index < -0.39 is 0 Å². The van der Waals surface area contributed by atoms with Gasteiger partial charge in [0.05, 0.1) is 0 Å². The minimum Gasteiger partial charge on any atom is -0.399 e. The van der Waals surface area contributed by atoms with Crippen molar-refractivity contribution in [2.75, 3.05) is 12.3 Å². The molecule has 3 rings (SSSR count). The molecule has 2 aliphatic carbocycles. The first-order valence-corrected chi connectivity index (χ1v) is 6.92. The van der Waals surface area contributed by atoms with Crippen LogP contribution in [0.1, 0.15) is 36.8 Å². The zero-order valence-corrected chi connectivity index (χ0v) is 10.4. The fourth-order valence-electron chi connectivity index (χ4n) is 2.97. The van der Waals surface area contributed by atoms with Gasteiger partial charge in [0, 0.05) is 11.7 Å². The van der Waals surface area contributed by atoms with Crippen LogP contribution in [0.3, 0.4) is 0 Å². The lowest BCUT2D eigenvalue weighted by atomic mass is 9.83. The Morgan fingerprint density at radius 1 is 1.18 bits per heavy atom. The average Bonchev–Trinajstić information content (AvgIpc) is 2.27. The Balaban J connectivity index is 1.58. The smallest absolute Gasteiger partial charge is 0.0316 e. The van der Waals surface area contributed by atoms with Crippen LogP contribution >= 0.6 is 0 Å². The highest BCUT2D eigenvalue weighted by Gasteiger charge is 2.21. The van der Waals surface area contributed by atoms with E-state index in [-0.39, 0.29) is 0 Å². The summed E-state index contributed by atoms with van der Waals surface area (Å²) in [7, 11) is 0. The number of nitrogens with one attached hydrogen (secondary N) is 1. The van der Waals surface area contributed by atoms with Gasteiger partial charge >= 0.3 is 0 Å². The van der Waals surface area contributed by atoms with E-state index in [1.54, 1.807) is 0 Å². The summed E-state index contributed by atoms with van der Waals surface area (Å²) in [6.07, 6.45) is 7.95. The van der Waals surface area contributed by atoms with E-state index in [1.807, 2.05) is 6.07 Å². The van der Waals surface area contributed by atoms with Crippen molar-refractivity contribution < 1.29 is 0 Å². The van der Waals surface area contributed by atoms with Crippen LogP contribution in [0.25, 0.3) is 0 Å². The Bertz CT molecular complexity index is 396. The zero-order chi connectivity index (χ0) is 11.7. The summed E-state index contributed by atoms with van der Waals surface area (Å²) in [6, 6.07) is 7.24. The fourth-order valence-corrected chi connectivity index (χ4v) is 2.97. The van der Waals surface area contributed by atoms with Gasteiger partial charge in [-0.1, -0.05) is 12.5 Å². The molecule has 0 saturated heterocycles. The van der Waals surface area contributed by atoms with E-state index in [4.69, 9.17) is 5.73 Å². The lowest BCUT2D eigenvalue weighted by Gasteiger charge is -2.31. The van der Waals surface area contributed by atoms with E-state index in [0.29, 0.717) is 0 Å². The molecule has 0 amide bonds. The van der Waals surface area contributed by atoms with Crippen LogP contribution in [0.15, 0.2) is 18.2 Å². The number of aryl methyl sites for hydroxylation is 1. The second kappa shape index (κ2) is 4.69. The van der Waals surface area contributed by atoms with Gasteiger partial charge in [-0.25, -0.2) is 0 Å². The van der Waals surface area contributed by atoms with Gasteiger partial charge in [0.25, 0.3) is 0 Å². The number of nitrogen functional groups attached to an aromatic ring is 1. The van der Waals surface area contributed by atoms with Gasteiger partial charge in [0.1, 0.15) is 0 Å². The first-order valence-electron chi connectivity index (χ1n) is 6.92. The molecule has 0 heterocycles. The van der Waals surface area contributed by atoms with E-state index in [1.165, 1.54) is 56.2 Å². The van der Waals surface area contributed by atoms with Gasteiger partial charge in [-0.05, 0) is 67.8 Å². The van der Waals surface area contributed by atoms with Crippen LogP contribution in [0.2, 0.25) is 0 Å². The Morgan fingerprint density at radius 3 is 2.82 bits per heavy atom. The Labute approximate surface area is 104 Å². The van der Waals surface area contributed by atoms with Gasteiger partial charge in [-0.15, -0.1) is 0 Å². The van der Waals surface area contributed by atoms with E-state index >= 15 is 0 Å². The molecule has 0 radical (unpaired) electrons. The molecule has 2 nitrogen and oxygen atoms in total. The number of rotatable bonds is 3. The standard InChI is InChI=1S/C15H22N2/c16-14-7-6-12-8-11(4-5-13(12)9-14)10-17-15-2-1-3-15/h6-7,9,11,15,17H,1-5,8,10,16H2. The monoisotopic (exact) mass is 230 g/mol. The zero-order valence-electron chi connectivity index (χ0n) is 10.4. The second-order valence-electron chi connectivity index (χ2n) is 5.67. The summed E-state index contributed by atoms with van der Waals surface area (Å²) in [5.74, 6) is 0.826. The van der Waals surface area contributed by atoms with E-state index in [0.717, 1.165) is 17.6 Å². The molecule has 0 aliphatic heterocycles. The molecule has 0 bridgehead atoms. The minimum absolute atomic E-state index is 0.822. The molecule has 1 saturated carbocycles. The highest BCUT2D eigenvalue weighted by atomic mass is 14.9. The lowest BCUT2D eigenvalue weighted by Crippen LogP contribution is -2.39. The van der Waals surface area contributed by atoms with Crippen LogP contribution in [0, 0.1) is 5.92 Å². The van der Waals surface area contributed by atoms with Gasteiger partial charge < -0.3 is 11.1 Å². The minimum atomic E-state index is 0.822.